The summed E-state index contributed by atoms with van der Waals surface area (Å²) < 4.78 is 13.7. The minimum absolute atomic E-state index is 0.0150. The minimum atomic E-state index is -0.324. The summed E-state index contributed by atoms with van der Waals surface area (Å²) in [4.78, 5) is 19.1. The molecule has 0 spiro atoms. The van der Waals surface area contributed by atoms with E-state index in [2.05, 4.69) is 27.4 Å². The van der Waals surface area contributed by atoms with E-state index in [-0.39, 0.29) is 24.2 Å². The number of amides is 1. The van der Waals surface area contributed by atoms with E-state index in [4.69, 9.17) is 0 Å². The lowest BCUT2D eigenvalue weighted by molar-refractivity contribution is -0.121. The first kappa shape index (κ1) is 18.8. The maximum Gasteiger partial charge on any atom is 0.226 e. The van der Waals surface area contributed by atoms with Gasteiger partial charge in [-0.2, -0.15) is 0 Å². The number of anilines is 2. The number of aromatic nitrogens is 1. The van der Waals surface area contributed by atoms with Crippen LogP contribution in [0.1, 0.15) is 31.9 Å². The molecule has 26 heavy (non-hydrogen) atoms. The molecule has 140 valence electrons. The summed E-state index contributed by atoms with van der Waals surface area (Å²) in [6, 6.07) is 6.64. The van der Waals surface area contributed by atoms with Crippen LogP contribution in [0.2, 0.25) is 0 Å². The number of rotatable bonds is 8. The topological polar surface area (TPSA) is 57.3 Å². The van der Waals surface area contributed by atoms with Crippen molar-refractivity contribution in [2.45, 2.75) is 38.6 Å². The molecule has 1 saturated heterocycles. The molecule has 1 aromatic heterocycles. The molecule has 7 heteroatoms. The van der Waals surface area contributed by atoms with E-state index in [1.54, 1.807) is 18.2 Å². The Balaban J connectivity index is 1.51. The van der Waals surface area contributed by atoms with E-state index in [9.17, 15) is 9.18 Å². The van der Waals surface area contributed by atoms with Crippen LogP contribution in [0.25, 0.3) is 0 Å². The van der Waals surface area contributed by atoms with Crippen molar-refractivity contribution in [1.29, 1.82) is 0 Å². The van der Waals surface area contributed by atoms with Gasteiger partial charge in [0.05, 0.1) is 17.8 Å². The van der Waals surface area contributed by atoms with Gasteiger partial charge in [-0.15, -0.1) is 11.3 Å². The zero-order chi connectivity index (χ0) is 18.4. The van der Waals surface area contributed by atoms with Gasteiger partial charge in [-0.1, -0.05) is 19.1 Å². The molecule has 0 bridgehead atoms. The molecule has 0 aliphatic carbocycles. The van der Waals surface area contributed by atoms with Crippen LogP contribution in [0, 0.1) is 5.82 Å². The molecule has 2 N–H and O–H groups in total. The first-order chi connectivity index (χ1) is 12.6. The lowest BCUT2D eigenvalue weighted by Crippen LogP contribution is -2.43. The Labute approximate surface area is 157 Å². The third-order valence-electron chi connectivity index (χ3n) is 4.54. The number of para-hydroxylation sites is 1. The highest BCUT2D eigenvalue weighted by atomic mass is 32.1. The van der Waals surface area contributed by atoms with Crippen LogP contribution in [0.15, 0.2) is 29.6 Å². The summed E-state index contributed by atoms with van der Waals surface area (Å²) in [5.74, 6) is -0.339. The van der Waals surface area contributed by atoms with Crippen molar-refractivity contribution in [3.63, 3.8) is 0 Å². The fourth-order valence-corrected chi connectivity index (χ4v) is 3.84. The van der Waals surface area contributed by atoms with E-state index < -0.39 is 0 Å². The van der Waals surface area contributed by atoms with Crippen molar-refractivity contribution in [2.75, 3.05) is 25.0 Å². The smallest absolute Gasteiger partial charge is 0.226 e. The molecule has 2 aromatic rings. The van der Waals surface area contributed by atoms with E-state index >= 15 is 0 Å². The largest absolute Gasteiger partial charge is 0.352 e. The summed E-state index contributed by atoms with van der Waals surface area (Å²) >= 11 is 1.37. The fourth-order valence-electron chi connectivity index (χ4n) is 3.12. The number of likely N-dealkylation sites (tertiary alicyclic amines) is 1. The summed E-state index contributed by atoms with van der Waals surface area (Å²) in [5.41, 5.74) is 1.08. The van der Waals surface area contributed by atoms with Crippen molar-refractivity contribution in [2.24, 2.45) is 0 Å². The van der Waals surface area contributed by atoms with E-state index in [1.165, 1.54) is 30.2 Å². The van der Waals surface area contributed by atoms with E-state index in [0.29, 0.717) is 16.5 Å². The molecular weight excluding hydrogens is 351 g/mol. The molecular formula is C19H25FN4OS. The summed E-state index contributed by atoms with van der Waals surface area (Å²) in [5, 5.41) is 8.50. The SMILES string of the molecule is CC[C@H](CN1CCCC1)NC(=O)Cc1csc(Nc2ccccc2F)n1. The standard InChI is InChI=1S/C19H25FN4OS/c1-2-14(12-24-9-5-6-10-24)21-18(25)11-15-13-26-19(22-15)23-17-8-4-3-7-16(17)20/h3-4,7-8,13-14H,2,5-6,9-12H2,1H3,(H,21,25)(H,22,23)/t14-/m1/s1. The highest BCUT2D eigenvalue weighted by Crippen LogP contribution is 2.23. The molecule has 3 rings (SSSR count). The molecule has 0 unspecified atom stereocenters. The van der Waals surface area contributed by atoms with Crippen molar-refractivity contribution >= 4 is 28.1 Å². The van der Waals surface area contributed by atoms with Crippen LogP contribution >= 0.6 is 11.3 Å². The van der Waals surface area contributed by atoms with Gasteiger partial charge in [-0.3, -0.25) is 4.79 Å². The molecule has 1 aliphatic rings. The molecule has 1 aliphatic heterocycles. The third-order valence-corrected chi connectivity index (χ3v) is 5.35. The van der Waals surface area contributed by atoms with Crippen LogP contribution in [0.3, 0.4) is 0 Å². The van der Waals surface area contributed by atoms with Gasteiger partial charge in [-0.25, -0.2) is 9.37 Å². The number of nitrogens with one attached hydrogen (secondary N) is 2. The Hall–Kier alpha value is -1.99. The fraction of sp³-hybridized carbons (Fsp3) is 0.474. The Morgan fingerprint density at radius 1 is 1.35 bits per heavy atom. The normalized spacial score (nSPS) is 15.8. The Kier molecular flexibility index (Phi) is 6.57. The average molecular weight is 377 g/mol. The zero-order valence-corrected chi connectivity index (χ0v) is 15.8. The minimum Gasteiger partial charge on any atom is -0.352 e. The number of halogens is 1. The Morgan fingerprint density at radius 3 is 2.85 bits per heavy atom. The number of carbonyl (C=O) groups is 1. The Bertz CT molecular complexity index is 730. The van der Waals surface area contributed by atoms with Gasteiger partial charge in [0.2, 0.25) is 5.91 Å². The van der Waals surface area contributed by atoms with Crippen molar-refractivity contribution in [3.8, 4) is 0 Å². The maximum absolute atomic E-state index is 13.7. The molecule has 1 fully saturated rings. The van der Waals surface area contributed by atoms with Gasteiger partial charge >= 0.3 is 0 Å². The molecule has 1 atom stereocenters. The predicted molar refractivity (Wildman–Crippen MR) is 103 cm³/mol. The predicted octanol–water partition coefficient (Wildman–Crippen LogP) is 3.56. The second kappa shape index (κ2) is 9.09. The van der Waals surface area contributed by atoms with Crippen LogP contribution in [-0.4, -0.2) is 41.5 Å². The lowest BCUT2D eigenvalue weighted by atomic mass is 10.2. The third kappa shape index (κ3) is 5.25. The van der Waals surface area contributed by atoms with Crippen molar-refractivity contribution < 1.29 is 9.18 Å². The molecule has 5 nitrogen and oxygen atoms in total. The molecule has 0 radical (unpaired) electrons. The molecule has 1 aromatic carbocycles. The van der Waals surface area contributed by atoms with Crippen LogP contribution in [-0.2, 0) is 11.2 Å². The number of nitrogens with zero attached hydrogens (tertiary/aromatic N) is 2. The average Bonchev–Trinajstić information content (AvgIpc) is 3.28. The van der Waals surface area contributed by atoms with Gasteiger partial charge in [-0.05, 0) is 44.5 Å². The van der Waals surface area contributed by atoms with Crippen LogP contribution < -0.4 is 10.6 Å². The van der Waals surface area contributed by atoms with Gasteiger partial charge in [0.15, 0.2) is 5.13 Å². The lowest BCUT2D eigenvalue weighted by Gasteiger charge is -2.23. The number of hydrogen-bond donors (Lipinski definition) is 2. The molecule has 0 saturated carbocycles. The molecule has 2 heterocycles. The number of carbonyl (C=O) groups excluding carboxylic acids is 1. The van der Waals surface area contributed by atoms with Crippen molar-refractivity contribution in [3.05, 3.63) is 41.2 Å². The van der Waals surface area contributed by atoms with Crippen molar-refractivity contribution in [1.82, 2.24) is 15.2 Å². The summed E-state index contributed by atoms with van der Waals surface area (Å²) in [7, 11) is 0. The second-order valence-electron chi connectivity index (χ2n) is 6.61. The summed E-state index contributed by atoms with van der Waals surface area (Å²) in [6.45, 7) is 5.27. The quantitative estimate of drug-likeness (QED) is 0.740. The first-order valence-electron chi connectivity index (χ1n) is 9.11. The highest BCUT2D eigenvalue weighted by Gasteiger charge is 2.18. The highest BCUT2D eigenvalue weighted by molar-refractivity contribution is 7.13. The Morgan fingerprint density at radius 2 is 2.12 bits per heavy atom. The van der Waals surface area contributed by atoms with Gasteiger partial charge in [0.25, 0.3) is 0 Å². The molecule has 1 amide bonds. The zero-order valence-electron chi connectivity index (χ0n) is 15.0. The number of hydrogen-bond acceptors (Lipinski definition) is 5. The van der Waals surface area contributed by atoms with E-state index in [0.717, 1.165) is 26.1 Å². The van der Waals surface area contributed by atoms with E-state index in [1.807, 2.05) is 5.38 Å². The van der Waals surface area contributed by atoms with Gasteiger partial charge in [0.1, 0.15) is 5.82 Å². The first-order valence-corrected chi connectivity index (χ1v) is 9.99. The maximum atomic E-state index is 13.7. The van der Waals surface area contributed by atoms with Gasteiger partial charge < -0.3 is 15.5 Å². The van der Waals surface area contributed by atoms with Gasteiger partial charge in [0, 0.05) is 18.0 Å². The van der Waals surface area contributed by atoms with Crippen LogP contribution in [0.4, 0.5) is 15.2 Å². The number of thiazole rings is 1. The summed E-state index contributed by atoms with van der Waals surface area (Å²) in [6.07, 6.45) is 3.66. The monoisotopic (exact) mass is 376 g/mol. The van der Waals surface area contributed by atoms with Crippen LogP contribution in [0.5, 0.6) is 0 Å². The number of benzene rings is 1. The second-order valence-corrected chi connectivity index (χ2v) is 7.46.